The van der Waals surface area contributed by atoms with Crippen LogP contribution in [0, 0.1) is 16.0 Å². The van der Waals surface area contributed by atoms with Gasteiger partial charge in [0.15, 0.2) is 5.82 Å². The second-order valence-corrected chi connectivity index (χ2v) is 8.50. The number of carbonyl (C=O) groups excluding carboxylic acids is 1. The Morgan fingerprint density at radius 3 is 2.96 bits per heavy atom. The summed E-state index contributed by atoms with van der Waals surface area (Å²) in [5, 5.41) is 15.0. The van der Waals surface area contributed by atoms with Crippen LogP contribution in [-0.2, 0) is 5.41 Å². The van der Waals surface area contributed by atoms with E-state index in [-0.39, 0.29) is 22.2 Å². The molecule has 0 aromatic carbocycles. The van der Waals surface area contributed by atoms with E-state index in [1.54, 1.807) is 4.90 Å². The van der Waals surface area contributed by atoms with Crippen LogP contribution in [0.4, 0.5) is 5.00 Å². The van der Waals surface area contributed by atoms with Gasteiger partial charge in [0.2, 0.25) is 5.89 Å². The van der Waals surface area contributed by atoms with Gasteiger partial charge in [-0.05, 0) is 24.8 Å². The summed E-state index contributed by atoms with van der Waals surface area (Å²) in [5.74, 6) is 1.66. The summed E-state index contributed by atoms with van der Waals surface area (Å²) in [5.41, 5.74) is -0.279. The van der Waals surface area contributed by atoms with E-state index < -0.39 is 4.92 Å². The number of fused-ring (bicyclic) bond motifs is 1. The molecule has 1 aliphatic heterocycles. The van der Waals surface area contributed by atoms with Crippen molar-refractivity contribution in [1.82, 2.24) is 15.0 Å². The van der Waals surface area contributed by atoms with E-state index in [1.165, 1.54) is 12.1 Å². The molecule has 3 heterocycles. The fourth-order valence-electron chi connectivity index (χ4n) is 4.16. The van der Waals surface area contributed by atoms with Crippen molar-refractivity contribution in [2.75, 3.05) is 13.1 Å². The number of thiophene rings is 1. The molecule has 0 N–H and O–H groups in total. The Labute approximate surface area is 154 Å². The minimum absolute atomic E-state index is 0.0130. The molecule has 1 amide bonds. The molecule has 4 rings (SSSR count). The van der Waals surface area contributed by atoms with E-state index in [0.717, 1.165) is 30.6 Å². The van der Waals surface area contributed by atoms with Gasteiger partial charge in [0.1, 0.15) is 0 Å². The summed E-state index contributed by atoms with van der Waals surface area (Å²) in [6, 6.07) is 2.92. The molecule has 2 aromatic heterocycles. The summed E-state index contributed by atoms with van der Waals surface area (Å²) >= 11 is 0.925. The van der Waals surface area contributed by atoms with Crippen molar-refractivity contribution >= 4 is 22.2 Å². The van der Waals surface area contributed by atoms with Gasteiger partial charge in [0.25, 0.3) is 5.91 Å². The number of aromatic nitrogens is 2. The molecule has 2 aliphatic rings. The molecule has 0 unspecified atom stereocenters. The maximum atomic E-state index is 12.8. The predicted octanol–water partition coefficient (Wildman–Crippen LogP) is 3.36. The zero-order chi connectivity index (χ0) is 18.5. The third-order valence-corrected chi connectivity index (χ3v) is 6.55. The van der Waals surface area contributed by atoms with Crippen molar-refractivity contribution in [3.63, 3.8) is 0 Å². The Balaban J connectivity index is 1.59. The van der Waals surface area contributed by atoms with Crippen molar-refractivity contribution in [3.05, 3.63) is 38.8 Å². The molecule has 2 atom stereocenters. The van der Waals surface area contributed by atoms with Crippen LogP contribution in [0.3, 0.4) is 0 Å². The molecule has 1 saturated heterocycles. The zero-order valence-electron chi connectivity index (χ0n) is 14.7. The highest BCUT2D eigenvalue weighted by atomic mass is 32.1. The van der Waals surface area contributed by atoms with Crippen molar-refractivity contribution in [2.45, 2.75) is 44.4 Å². The highest BCUT2D eigenvalue weighted by Crippen LogP contribution is 2.50. The molecule has 0 spiro atoms. The smallest absolute Gasteiger partial charge is 0.324 e. The van der Waals surface area contributed by atoms with Crippen LogP contribution >= 0.6 is 11.3 Å². The van der Waals surface area contributed by atoms with Crippen LogP contribution in [0.15, 0.2) is 16.7 Å². The minimum Gasteiger partial charge on any atom is -0.339 e. The molecule has 138 valence electrons. The Bertz CT molecular complexity index is 861. The van der Waals surface area contributed by atoms with Gasteiger partial charge in [0.05, 0.1) is 15.2 Å². The second-order valence-electron chi connectivity index (χ2n) is 7.44. The normalized spacial score (nSPS) is 25.0. The van der Waals surface area contributed by atoms with Crippen LogP contribution in [-0.4, -0.2) is 39.0 Å². The van der Waals surface area contributed by atoms with Crippen LogP contribution in [0.1, 0.15) is 60.4 Å². The zero-order valence-corrected chi connectivity index (χ0v) is 15.5. The minimum atomic E-state index is -0.465. The van der Waals surface area contributed by atoms with Gasteiger partial charge in [-0.3, -0.25) is 14.9 Å². The number of hydrogen-bond donors (Lipinski definition) is 0. The number of amides is 1. The first kappa shape index (κ1) is 17.1. The summed E-state index contributed by atoms with van der Waals surface area (Å²) < 4.78 is 5.60. The Morgan fingerprint density at radius 2 is 2.31 bits per heavy atom. The molecule has 0 bridgehead atoms. The van der Waals surface area contributed by atoms with Gasteiger partial charge >= 0.3 is 5.00 Å². The van der Waals surface area contributed by atoms with Gasteiger partial charge in [-0.2, -0.15) is 4.98 Å². The van der Waals surface area contributed by atoms with E-state index in [0.29, 0.717) is 35.6 Å². The van der Waals surface area contributed by atoms with Gasteiger partial charge in [0, 0.05) is 25.1 Å². The molecule has 1 aliphatic carbocycles. The van der Waals surface area contributed by atoms with Crippen molar-refractivity contribution < 1.29 is 14.2 Å². The lowest BCUT2D eigenvalue weighted by Crippen LogP contribution is -2.34. The maximum absolute atomic E-state index is 12.8. The van der Waals surface area contributed by atoms with Crippen LogP contribution in [0.25, 0.3) is 0 Å². The first-order chi connectivity index (χ1) is 12.4. The second kappa shape index (κ2) is 6.15. The molecule has 8 nitrogen and oxygen atoms in total. The van der Waals surface area contributed by atoms with Gasteiger partial charge in [-0.1, -0.05) is 36.8 Å². The largest absolute Gasteiger partial charge is 0.339 e. The highest BCUT2D eigenvalue weighted by molar-refractivity contribution is 7.17. The summed E-state index contributed by atoms with van der Waals surface area (Å²) in [6.07, 6.45) is 3.02. The molecule has 0 radical (unpaired) electrons. The molecule has 26 heavy (non-hydrogen) atoms. The van der Waals surface area contributed by atoms with Crippen molar-refractivity contribution in [2.24, 2.45) is 5.92 Å². The van der Waals surface area contributed by atoms with E-state index >= 15 is 0 Å². The fraction of sp³-hybridized carbons (Fsp3) is 0.588. The first-order valence-corrected chi connectivity index (χ1v) is 9.60. The highest BCUT2D eigenvalue weighted by Gasteiger charge is 2.55. The van der Waals surface area contributed by atoms with E-state index in [9.17, 15) is 14.9 Å². The summed E-state index contributed by atoms with van der Waals surface area (Å²) in [6.45, 7) is 5.20. The van der Waals surface area contributed by atoms with Gasteiger partial charge in [-0.25, -0.2) is 0 Å². The summed E-state index contributed by atoms with van der Waals surface area (Å²) in [7, 11) is 0. The van der Waals surface area contributed by atoms with Gasteiger partial charge in [-0.15, -0.1) is 0 Å². The van der Waals surface area contributed by atoms with Crippen LogP contribution in [0.5, 0.6) is 0 Å². The molecule has 9 heteroatoms. The molecular formula is C17H20N4O4S. The van der Waals surface area contributed by atoms with Gasteiger partial charge < -0.3 is 9.42 Å². The van der Waals surface area contributed by atoms with E-state index in [4.69, 9.17) is 4.52 Å². The van der Waals surface area contributed by atoms with E-state index in [2.05, 4.69) is 10.1 Å². The molecule has 1 saturated carbocycles. The number of nitro groups is 1. The lowest BCUT2D eigenvalue weighted by molar-refractivity contribution is -0.380. The fourth-order valence-corrected chi connectivity index (χ4v) is 4.95. The third-order valence-electron chi connectivity index (χ3n) is 5.52. The topological polar surface area (TPSA) is 102 Å². The molecule has 2 fully saturated rings. The number of carbonyl (C=O) groups is 1. The number of likely N-dealkylation sites (tertiary alicyclic amines) is 1. The SMILES string of the molecule is CC(C)c1noc([C@@]23CCC[C@@H]2CN(C(=O)c2ccc([N+](=O)[O-])s2)C3)n1. The first-order valence-electron chi connectivity index (χ1n) is 8.78. The molecule has 2 aromatic rings. The van der Waals surface area contributed by atoms with Crippen molar-refractivity contribution in [1.29, 1.82) is 0 Å². The Hall–Kier alpha value is -2.29. The number of nitrogens with zero attached hydrogens (tertiary/aromatic N) is 4. The lowest BCUT2D eigenvalue weighted by Gasteiger charge is -2.24. The predicted molar refractivity (Wildman–Crippen MR) is 94.3 cm³/mol. The van der Waals surface area contributed by atoms with Crippen LogP contribution in [0.2, 0.25) is 0 Å². The average molecular weight is 376 g/mol. The standard InChI is InChI=1S/C17H20N4O4S/c1-10(2)14-18-16(25-19-14)17-7-3-4-11(17)8-20(9-17)15(22)12-5-6-13(26-12)21(23)24/h5-6,10-11H,3-4,7-9H2,1-2H3/t11-,17-/m1/s1. The average Bonchev–Trinajstić information content (AvgIpc) is 3.33. The van der Waals surface area contributed by atoms with Crippen LogP contribution < -0.4 is 0 Å². The third kappa shape index (κ3) is 2.61. The van der Waals surface area contributed by atoms with Crippen molar-refractivity contribution in [3.8, 4) is 0 Å². The Morgan fingerprint density at radius 1 is 1.50 bits per heavy atom. The molecular weight excluding hydrogens is 356 g/mol. The number of rotatable bonds is 4. The number of hydrogen-bond acceptors (Lipinski definition) is 7. The summed E-state index contributed by atoms with van der Waals surface area (Å²) in [4.78, 5) is 30.1. The Kier molecular flexibility index (Phi) is 4.06. The maximum Gasteiger partial charge on any atom is 0.324 e. The lowest BCUT2D eigenvalue weighted by atomic mass is 9.80. The monoisotopic (exact) mass is 376 g/mol. The van der Waals surface area contributed by atoms with E-state index in [1.807, 2.05) is 13.8 Å². The quantitative estimate of drug-likeness (QED) is 0.599.